The SMILES string of the molecule is CC1(C(=O)ON2C(=O)c3ccccc3C2=O)Oc2ccccc2NC1=O. The van der Waals surface area contributed by atoms with Crippen molar-refractivity contribution in [2.45, 2.75) is 12.5 Å². The Hall–Kier alpha value is -3.68. The van der Waals surface area contributed by atoms with E-state index < -0.39 is 29.3 Å². The lowest BCUT2D eigenvalue weighted by Gasteiger charge is -2.32. The van der Waals surface area contributed by atoms with Crippen LogP contribution in [0.5, 0.6) is 5.75 Å². The van der Waals surface area contributed by atoms with E-state index in [2.05, 4.69) is 5.32 Å². The summed E-state index contributed by atoms with van der Waals surface area (Å²) < 4.78 is 5.52. The van der Waals surface area contributed by atoms with E-state index in [4.69, 9.17) is 9.57 Å². The van der Waals surface area contributed by atoms with Crippen LogP contribution in [0.2, 0.25) is 0 Å². The molecule has 0 aliphatic carbocycles. The third kappa shape index (κ3) is 2.16. The van der Waals surface area contributed by atoms with Gasteiger partial charge in [0, 0.05) is 0 Å². The minimum absolute atomic E-state index is 0.120. The van der Waals surface area contributed by atoms with Crippen molar-refractivity contribution in [3.05, 3.63) is 59.7 Å². The summed E-state index contributed by atoms with van der Waals surface area (Å²) in [7, 11) is 0. The molecule has 1 N–H and O–H groups in total. The average molecular weight is 352 g/mol. The maximum absolute atomic E-state index is 12.6. The van der Waals surface area contributed by atoms with E-state index in [1.807, 2.05) is 0 Å². The third-order valence-corrected chi connectivity index (χ3v) is 4.20. The molecule has 26 heavy (non-hydrogen) atoms. The van der Waals surface area contributed by atoms with Crippen molar-refractivity contribution in [1.82, 2.24) is 5.06 Å². The van der Waals surface area contributed by atoms with Gasteiger partial charge in [-0.1, -0.05) is 29.3 Å². The lowest BCUT2D eigenvalue weighted by molar-refractivity contribution is -0.187. The van der Waals surface area contributed by atoms with Crippen LogP contribution < -0.4 is 10.1 Å². The standard InChI is InChI=1S/C18H12N2O6/c1-18(16(23)19-12-8-4-5-9-13(12)25-18)17(24)26-20-14(21)10-6-2-3-7-11(10)15(20)22/h2-9H,1H3,(H,19,23). The molecule has 0 spiro atoms. The second-order valence-electron chi connectivity index (χ2n) is 5.91. The van der Waals surface area contributed by atoms with Gasteiger partial charge in [0.1, 0.15) is 5.75 Å². The first kappa shape index (κ1) is 15.8. The number of imide groups is 1. The van der Waals surface area contributed by atoms with Gasteiger partial charge in [0.2, 0.25) is 0 Å². The van der Waals surface area contributed by atoms with Gasteiger partial charge in [0.25, 0.3) is 23.3 Å². The summed E-state index contributed by atoms with van der Waals surface area (Å²) in [6.45, 7) is 1.21. The molecule has 2 aromatic rings. The number of ether oxygens (including phenoxy) is 1. The zero-order valence-electron chi connectivity index (χ0n) is 13.5. The van der Waals surface area contributed by atoms with Gasteiger partial charge in [0.15, 0.2) is 0 Å². The largest absolute Gasteiger partial charge is 0.463 e. The molecule has 1 atom stereocenters. The summed E-state index contributed by atoms with van der Waals surface area (Å²) in [6, 6.07) is 12.6. The number of benzene rings is 2. The van der Waals surface area contributed by atoms with Crippen molar-refractivity contribution in [3.63, 3.8) is 0 Å². The van der Waals surface area contributed by atoms with Crippen LogP contribution in [0.15, 0.2) is 48.5 Å². The molecule has 1 unspecified atom stereocenters. The molecule has 2 aliphatic rings. The van der Waals surface area contributed by atoms with E-state index >= 15 is 0 Å². The first-order valence-electron chi connectivity index (χ1n) is 7.71. The van der Waals surface area contributed by atoms with Gasteiger partial charge in [-0.2, -0.15) is 0 Å². The number of fused-ring (bicyclic) bond motifs is 2. The third-order valence-electron chi connectivity index (χ3n) is 4.20. The van der Waals surface area contributed by atoms with Crippen LogP contribution >= 0.6 is 0 Å². The van der Waals surface area contributed by atoms with Gasteiger partial charge in [-0.05, 0) is 31.2 Å². The number of nitrogens with zero attached hydrogens (tertiary/aromatic N) is 1. The quantitative estimate of drug-likeness (QED) is 0.650. The molecule has 0 radical (unpaired) electrons. The molecule has 0 saturated heterocycles. The highest BCUT2D eigenvalue weighted by Crippen LogP contribution is 2.34. The number of amides is 3. The molecule has 130 valence electrons. The predicted octanol–water partition coefficient (Wildman–Crippen LogP) is 1.53. The molecule has 0 fully saturated rings. The topological polar surface area (TPSA) is 102 Å². The number of carbonyl (C=O) groups is 4. The highest BCUT2D eigenvalue weighted by molar-refractivity contribution is 6.21. The van der Waals surface area contributed by atoms with Crippen LogP contribution in [0, 0.1) is 0 Å². The predicted molar refractivity (Wildman–Crippen MR) is 87.1 cm³/mol. The molecule has 0 bridgehead atoms. The summed E-state index contributed by atoms with van der Waals surface area (Å²) in [5.74, 6) is -3.23. The zero-order chi connectivity index (χ0) is 18.5. The molecule has 8 nitrogen and oxygen atoms in total. The lowest BCUT2D eigenvalue weighted by atomic mass is 10.0. The molecule has 0 saturated carbocycles. The van der Waals surface area contributed by atoms with Crippen molar-refractivity contribution >= 4 is 29.4 Å². The maximum Gasteiger partial charge on any atom is 0.385 e. The Morgan fingerprint density at radius 3 is 2.23 bits per heavy atom. The maximum atomic E-state index is 12.6. The van der Waals surface area contributed by atoms with Crippen molar-refractivity contribution in [2.75, 3.05) is 5.32 Å². The number of hydroxylamine groups is 2. The zero-order valence-corrected chi connectivity index (χ0v) is 13.5. The second-order valence-corrected chi connectivity index (χ2v) is 5.91. The number of nitrogens with one attached hydrogen (secondary N) is 1. The van der Waals surface area contributed by atoms with Crippen molar-refractivity contribution in [3.8, 4) is 5.75 Å². The van der Waals surface area contributed by atoms with E-state index in [1.54, 1.807) is 36.4 Å². The van der Waals surface area contributed by atoms with E-state index in [0.717, 1.165) is 0 Å². The molecule has 2 aromatic carbocycles. The molecule has 0 aromatic heterocycles. The molecule has 3 amide bonds. The number of carbonyl (C=O) groups excluding carboxylic acids is 4. The highest BCUT2D eigenvalue weighted by Gasteiger charge is 2.51. The van der Waals surface area contributed by atoms with Gasteiger partial charge < -0.3 is 14.9 Å². The summed E-state index contributed by atoms with van der Waals surface area (Å²) in [6.07, 6.45) is 0. The Morgan fingerprint density at radius 1 is 1.00 bits per heavy atom. The number of para-hydroxylation sites is 2. The Kier molecular flexibility index (Phi) is 3.30. The van der Waals surface area contributed by atoms with Crippen LogP contribution in [0.3, 0.4) is 0 Å². The molecule has 2 heterocycles. The summed E-state index contributed by atoms with van der Waals surface area (Å²) in [5.41, 5.74) is -1.41. The smallest absolute Gasteiger partial charge is 0.385 e. The Morgan fingerprint density at radius 2 is 1.58 bits per heavy atom. The summed E-state index contributed by atoms with van der Waals surface area (Å²) >= 11 is 0. The van der Waals surface area contributed by atoms with E-state index in [0.29, 0.717) is 10.8 Å². The molecule has 2 aliphatic heterocycles. The Labute approximate surface area is 147 Å². The second kappa shape index (κ2) is 5.41. The van der Waals surface area contributed by atoms with Crippen LogP contribution in [-0.4, -0.2) is 34.4 Å². The summed E-state index contributed by atoms with van der Waals surface area (Å²) in [5, 5.41) is 2.89. The minimum Gasteiger partial charge on any atom is -0.463 e. The van der Waals surface area contributed by atoms with E-state index in [9.17, 15) is 19.2 Å². The normalized spacial score (nSPS) is 20.8. The van der Waals surface area contributed by atoms with Crippen LogP contribution in [0.4, 0.5) is 5.69 Å². The van der Waals surface area contributed by atoms with Gasteiger partial charge in [-0.25, -0.2) is 4.79 Å². The van der Waals surface area contributed by atoms with Crippen LogP contribution in [0.1, 0.15) is 27.6 Å². The average Bonchev–Trinajstić information content (AvgIpc) is 2.88. The first-order chi connectivity index (χ1) is 12.4. The Balaban J connectivity index is 1.60. The summed E-state index contributed by atoms with van der Waals surface area (Å²) in [4.78, 5) is 54.5. The molecular weight excluding hydrogens is 340 g/mol. The minimum atomic E-state index is -2.05. The number of hydrogen-bond acceptors (Lipinski definition) is 6. The fourth-order valence-corrected chi connectivity index (χ4v) is 2.72. The fourth-order valence-electron chi connectivity index (χ4n) is 2.72. The first-order valence-corrected chi connectivity index (χ1v) is 7.71. The van der Waals surface area contributed by atoms with Gasteiger partial charge in [0.05, 0.1) is 16.8 Å². The monoisotopic (exact) mass is 352 g/mol. The van der Waals surface area contributed by atoms with Gasteiger partial charge in [-0.3, -0.25) is 14.4 Å². The van der Waals surface area contributed by atoms with Gasteiger partial charge in [-0.15, -0.1) is 0 Å². The highest BCUT2D eigenvalue weighted by atomic mass is 16.7. The molecule has 4 rings (SSSR count). The fraction of sp³-hybridized carbons (Fsp3) is 0.111. The van der Waals surface area contributed by atoms with Crippen LogP contribution in [0.25, 0.3) is 0 Å². The number of hydrogen-bond donors (Lipinski definition) is 1. The molecular formula is C18H12N2O6. The van der Waals surface area contributed by atoms with Crippen molar-refractivity contribution in [2.24, 2.45) is 0 Å². The number of anilines is 1. The number of rotatable bonds is 2. The van der Waals surface area contributed by atoms with E-state index in [1.165, 1.54) is 19.1 Å². The van der Waals surface area contributed by atoms with Crippen LogP contribution in [-0.2, 0) is 14.4 Å². The van der Waals surface area contributed by atoms with Crippen molar-refractivity contribution < 1.29 is 28.8 Å². The lowest BCUT2D eigenvalue weighted by Crippen LogP contribution is -2.56. The van der Waals surface area contributed by atoms with E-state index in [-0.39, 0.29) is 16.9 Å². The Bertz CT molecular complexity index is 950. The van der Waals surface area contributed by atoms with Gasteiger partial charge >= 0.3 is 5.97 Å². The van der Waals surface area contributed by atoms with Crippen molar-refractivity contribution in [1.29, 1.82) is 0 Å². The molecule has 8 heteroatoms.